The van der Waals surface area contributed by atoms with E-state index in [9.17, 15) is 0 Å². The first-order chi connectivity index (χ1) is 4.33. The molecule has 1 heterocycles. The van der Waals surface area contributed by atoms with E-state index in [2.05, 4.69) is 22.9 Å². The van der Waals surface area contributed by atoms with E-state index >= 15 is 0 Å². The largest absolute Gasteiger partial charge is 0.533 e. The lowest BCUT2D eigenvalue weighted by Crippen LogP contribution is -1.77. The molecule has 1 aliphatic heterocycles. The Morgan fingerprint density at radius 1 is 1.89 bits per heavy atom. The Bertz CT molecular complexity index is 158. The number of ether oxygens (including phenoxy) is 1. The Kier molecular flexibility index (Phi) is 2.22. The van der Waals surface area contributed by atoms with Gasteiger partial charge in [-0.3, -0.25) is 0 Å². The van der Waals surface area contributed by atoms with E-state index in [0.717, 1.165) is 16.8 Å². The second-order valence-corrected chi connectivity index (χ2v) is 2.54. The van der Waals surface area contributed by atoms with Crippen LogP contribution in [0.5, 0.6) is 0 Å². The zero-order valence-corrected chi connectivity index (χ0v) is 6.81. The topological polar surface area (TPSA) is 9.23 Å². The number of halogens is 1. The van der Waals surface area contributed by atoms with Crippen LogP contribution in [0.25, 0.3) is 0 Å². The van der Waals surface area contributed by atoms with Crippen LogP contribution in [0.3, 0.4) is 0 Å². The fraction of sp³-hybridized carbons (Fsp3) is 0.286. The van der Waals surface area contributed by atoms with E-state index in [4.69, 9.17) is 4.74 Å². The minimum atomic E-state index is 0.794. The fourth-order valence-corrected chi connectivity index (χ4v) is 0.958. The van der Waals surface area contributed by atoms with E-state index < -0.39 is 0 Å². The maximum atomic E-state index is 5.18. The quantitative estimate of drug-likeness (QED) is 0.575. The summed E-state index contributed by atoms with van der Waals surface area (Å²) < 4.78 is 5.98. The van der Waals surface area contributed by atoms with Crippen LogP contribution in [0.2, 0.25) is 0 Å². The molecule has 0 aliphatic carbocycles. The first-order valence-corrected chi connectivity index (χ1v) is 3.70. The van der Waals surface area contributed by atoms with Crippen molar-refractivity contribution in [3.8, 4) is 0 Å². The summed E-state index contributed by atoms with van der Waals surface area (Å²) in [4.78, 5) is 0. The van der Waals surface area contributed by atoms with Crippen molar-refractivity contribution >= 4 is 15.9 Å². The molecule has 0 aromatic rings. The molecule has 2 heteroatoms. The lowest BCUT2D eigenvalue weighted by atomic mass is 10.3. The zero-order chi connectivity index (χ0) is 6.69. The predicted molar refractivity (Wildman–Crippen MR) is 40.8 cm³/mol. The maximum absolute atomic E-state index is 5.18. The van der Waals surface area contributed by atoms with Crippen LogP contribution in [0, 0.1) is 6.42 Å². The van der Waals surface area contributed by atoms with Crippen LogP contribution in [-0.4, -0.2) is 0 Å². The van der Waals surface area contributed by atoms with Crippen LogP contribution >= 0.6 is 15.9 Å². The molecule has 0 spiro atoms. The van der Waals surface area contributed by atoms with Crippen molar-refractivity contribution in [1.82, 2.24) is 0 Å². The van der Waals surface area contributed by atoms with Gasteiger partial charge in [-0.1, -0.05) is 29.3 Å². The maximum Gasteiger partial charge on any atom is 0.0662 e. The molecular formula is C7H8BrO-. The smallest absolute Gasteiger partial charge is 0.0662 e. The normalized spacial score (nSPS) is 21.1. The molecule has 0 radical (unpaired) electrons. The summed E-state index contributed by atoms with van der Waals surface area (Å²) in [6, 6.07) is 0. The molecule has 0 amide bonds. The highest BCUT2D eigenvalue weighted by Gasteiger charge is 1.95. The van der Waals surface area contributed by atoms with Gasteiger partial charge in [0.15, 0.2) is 0 Å². The molecule has 9 heavy (non-hydrogen) atoms. The lowest BCUT2D eigenvalue weighted by molar-refractivity contribution is 0.367. The van der Waals surface area contributed by atoms with E-state index in [-0.39, 0.29) is 0 Å². The highest BCUT2D eigenvalue weighted by molar-refractivity contribution is 9.11. The van der Waals surface area contributed by atoms with Gasteiger partial charge in [0.25, 0.3) is 0 Å². The molecule has 0 unspecified atom stereocenters. The Morgan fingerprint density at radius 2 is 2.67 bits per heavy atom. The van der Waals surface area contributed by atoms with Crippen molar-refractivity contribution in [2.45, 2.75) is 13.3 Å². The summed E-state index contributed by atoms with van der Waals surface area (Å²) in [5.41, 5.74) is 0. The van der Waals surface area contributed by atoms with Crippen molar-refractivity contribution in [3.05, 3.63) is 29.0 Å². The van der Waals surface area contributed by atoms with Gasteiger partial charge in [0.05, 0.1) is 4.67 Å². The molecule has 0 N–H and O–H groups in total. The number of hydrogen-bond donors (Lipinski definition) is 0. The van der Waals surface area contributed by atoms with Crippen LogP contribution in [0.4, 0.5) is 0 Å². The minimum absolute atomic E-state index is 0.794. The molecule has 50 valence electrons. The first kappa shape index (κ1) is 6.75. The van der Waals surface area contributed by atoms with Crippen LogP contribution in [0.15, 0.2) is 22.6 Å². The van der Waals surface area contributed by atoms with Crippen molar-refractivity contribution in [2.75, 3.05) is 0 Å². The average molecular weight is 188 g/mol. The molecule has 0 bridgehead atoms. The molecular weight excluding hydrogens is 180 g/mol. The predicted octanol–water partition coefficient (Wildman–Crippen LogP) is 2.75. The SMILES string of the molecule is CCC=C1[CH-]C=C(Br)O1. The summed E-state index contributed by atoms with van der Waals surface area (Å²) in [5, 5.41) is 0. The van der Waals surface area contributed by atoms with E-state index in [1.807, 2.05) is 18.6 Å². The Balaban J connectivity index is 2.46. The number of rotatable bonds is 1. The molecule has 1 nitrogen and oxygen atoms in total. The second-order valence-electron chi connectivity index (χ2n) is 1.75. The summed E-state index contributed by atoms with van der Waals surface area (Å²) in [5.74, 6) is 0.935. The average Bonchev–Trinajstić information content (AvgIpc) is 2.17. The standard InChI is InChI=1S/C7H8BrO/c1-2-3-6-4-5-7(8)9-6/h3-5H,2H2,1H3/q-1. The third-order valence-corrected chi connectivity index (χ3v) is 1.43. The van der Waals surface area contributed by atoms with Gasteiger partial charge in [-0.05, 0) is 0 Å². The number of hydrogen-bond acceptors (Lipinski definition) is 1. The van der Waals surface area contributed by atoms with Gasteiger partial charge in [-0.2, -0.15) is 0 Å². The summed E-state index contributed by atoms with van der Waals surface area (Å²) >= 11 is 3.22. The molecule has 0 saturated carbocycles. The Morgan fingerprint density at radius 3 is 3.11 bits per heavy atom. The highest BCUT2D eigenvalue weighted by Crippen LogP contribution is 2.23. The van der Waals surface area contributed by atoms with Crippen LogP contribution in [-0.2, 0) is 4.74 Å². The van der Waals surface area contributed by atoms with Gasteiger partial charge in [0.2, 0.25) is 0 Å². The van der Waals surface area contributed by atoms with Crippen molar-refractivity contribution in [3.63, 3.8) is 0 Å². The Hall–Kier alpha value is -0.370. The minimum Gasteiger partial charge on any atom is -0.533 e. The van der Waals surface area contributed by atoms with Crippen molar-refractivity contribution in [2.24, 2.45) is 0 Å². The zero-order valence-electron chi connectivity index (χ0n) is 5.23. The second kappa shape index (κ2) is 2.97. The van der Waals surface area contributed by atoms with E-state index in [1.54, 1.807) is 0 Å². The van der Waals surface area contributed by atoms with Gasteiger partial charge < -0.3 is 4.74 Å². The van der Waals surface area contributed by atoms with Gasteiger partial charge in [0, 0.05) is 5.76 Å². The first-order valence-electron chi connectivity index (χ1n) is 2.91. The van der Waals surface area contributed by atoms with Crippen molar-refractivity contribution in [1.29, 1.82) is 0 Å². The van der Waals surface area contributed by atoms with E-state index in [1.165, 1.54) is 0 Å². The van der Waals surface area contributed by atoms with Gasteiger partial charge >= 0.3 is 0 Å². The number of allylic oxidation sites excluding steroid dienone is 2. The van der Waals surface area contributed by atoms with E-state index in [0.29, 0.717) is 0 Å². The molecule has 1 aliphatic rings. The molecule has 0 aromatic carbocycles. The molecule has 0 fully saturated rings. The third kappa shape index (κ3) is 1.79. The fourth-order valence-electron chi connectivity index (χ4n) is 0.639. The monoisotopic (exact) mass is 187 g/mol. The molecule has 0 atom stereocenters. The molecule has 0 saturated heterocycles. The van der Waals surface area contributed by atoms with Gasteiger partial charge in [0.1, 0.15) is 0 Å². The lowest BCUT2D eigenvalue weighted by Gasteiger charge is -2.05. The highest BCUT2D eigenvalue weighted by atomic mass is 79.9. The Labute approximate surface area is 63.5 Å². The third-order valence-electron chi connectivity index (χ3n) is 0.999. The van der Waals surface area contributed by atoms with Gasteiger partial charge in [-0.15, -0.1) is 18.6 Å². The summed E-state index contributed by atoms with van der Waals surface area (Å²) in [7, 11) is 0. The molecule has 0 aromatic heterocycles. The van der Waals surface area contributed by atoms with Crippen LogP contribution in [0.1, 0.15) is 13.3 Å². The van der Waals surface area contributed by atoms with Crippen molar-refractivity contribution < 1.29 is 4.74 Å². The summed E-state index contributed by atoms with van der Waals surface area (Å²) in [6.45, 7) is 2.08. The van der Waals surface area contributed by atoms with Gasteiger partial charge in [-0.25, -0.2) is 0 Å². The van der Waals surface area contributed by atoms with Crippen LogP contribution < -0.4 is 0 Å². The molecule has 1 rings (SSSR count). The summed E-state index contributed by atoms with van der Waals surface area (Å²) in [6.07, 6.45) is 6.87.